The van der Waals surface area contributed by atoms with Crippen molar-refractivity contribution in [1.29, 1.82) is 0 Å². The summed E-state index contributed by atoms with van der Waals surface area (Å²) >= 11 is 1.70. The molecular formula is C45H39N2O4S+. The van der Waals surface area contributed by atoms with Crippen LogP contribution in [0, 0.1) is 0 Å². The number of fused-ring (bicyclic) bond motifs is 12. The Morgan fingerprint density at radius 1 is 0.712 bits per heavy atom. The maximum atomic E-state index is 11.9. The normalized spacial score (nSPS) is 16.2. The minimum absolute atomic E-state index is 0.0163. The highest BCUT2D eigenvalue weighted by Crippen LogP contribution is 2.54. The number of anilines is 1. The summed E-state index contributed by atoms with van der Waals surface area (Å²) in [4.78, 5) is 27.1. The predicted molar refractivity (Wildman–Crippen MR) is 214 cm³/mol. The second-order valence-corrected chi connectivity index (χ2v) is 15.0. The molecule has 2 N–H and O–H groups in total. The lowest BCUT2D eigenvalue weighted by atomic mass is 9.78. The fourth-order valence-electron chi connectivity index (χ4n) is 8.21. The maximum absolute atomic E-state index is 11.9. The van der Waals surface area contributed by atoms with E-state index in [1.807, 2.05) is 18.2 Å². The van der Waals surface area contributed by atoms with Crippen LogP contribution in [0.5, 0.6) is 0 Å². The zero-order valence-corrected chi connectivity index (χ0v) is 30.2. The summed E-state index contributed by atoms with van der Waals surface area (Å²) in [5.41, 5.74) is 5.04. The van der Waals surface area contributed by atoms with E-state index in [1.165, 1.54) is 21.7 Å². The Kier molecular flexibility index (Phi) is 8.47. The summed E-state index contributed by atoms with van der Waals surface area (Å²) in [6.45, 7) is 7.25. The highest BCUT2D eigenvalue weighted by Gasteiger charge is 2.47. The lowest BCUT2D eigenvalue weighted by molar-refractivity contribution is -0.435. The van der Waals surface area contributed by atoms with E-state index in [1.54, 1.807) is 11.8 Å². The number of nitrogens with zero attached hydrogens (tertiary/aromatic N) is 2. The van der Waals surface area contributed by atoms with Gasteiger partial charge in [-0.25, -0.2) is 0 Å². The molecule has 0 spiro atoms. The van der Waals surface area contributed by atoms with Crippen molar-refractivity contribution in [1.82, 2.24) is 0 Å². The molecule has 6 aromatic rings. The van der Waals surface area contributed by atoms with Crippen LogP contribution in [0.25, 0.3) is 43.1 Å². The molecule has 6 nitrogen and oxygen atoms in total. The van der Waals surface area contributed by atoms with Gasteiger partial charge in [-0.3, -0.25) is 9.59 Å². The summed E-state index contributed by atoms with van der Waals surface area (Å²) in [6.07, 6.45) is 8.33. The van der Waals surface area contributed by atoms with Crippen molar-refractivity contribution in [2.75, 3.05) is 18.0 Å². The quantitative estimate of drug-likeness (QED) is 0.0886. The number of hydrogen-bond donors (Lipinski definition) is 2. The van der Waals surface area contributed by atoms with Crippen LogP contribution in [0.2, 0.25) is 0 Å². The lowest BCUT2D eigenvalue weighted by Crippen LogP contribution is -2.28. The van der Waals surface area contributed by atoms with E-state index in [0.29, 0.717) is 13.1 Å². The van der Waals surface area contributed by atoms with E-state index >= 15 is 0 Å². The molecule has 0 aliphatic carbocycles. The first-order chi connectivity index (χ1) is 25.2. The van der Waals surface area contributed by atoms with Gasteiger partial charge in [0.2, 0.25) is 5.69 Å². The van der Waals surface area contributed by atoms with Gasteiger partial charge in [0.1, 0.15) is 6.42 Å². The van der Waals surface area contributed by atoms with Crippen molar-refractivity contribution in [3.8, 4) is 0 Å². The molecule has 0 saturated carbocycles. The van der Waals surface area contributed by atoms with Gasteiger partial charge in [0.25, 0.3) is 0 Å². The summed E-state index contributed by atoms with van der Waals surface area (Å²) in [5.74, 6) is -1.66. The monoisotopic (exact) mass is 703 g/mol. The van der Waals surface area contributed by atoms with Crippen LogP contribution < -0.4 is 4.90 Å². The van der Waals surface area contributed by atoms with Crippen LogP contribution in [0.1, 0.15) is 39.2 Å². The molecule has 2 aliphatic rings. The van der Waals surface area contributed by atoms with E-state index in [0.717, 1.165) is 59.5 Å². The van der Waals surface area contributed by atoms with Gasteiger partial charge in [0, 0.05) is 28.5 Å². The first-order valence-corrected chi connectivity index (χ1v) is 18.5. The van der Waals surface area contributed by atoms with Gasteiger partial charge in [0.15, 0.2) is 12.3 Å². The van der Waals surface area contributed by atoms with Gasteiger partial charge in [0.05, 0.1) is 27.9 Å². The van der Waals surface area contributed by atoms with Gasteiger partial charge in [-0.2, -0.15) is 4.58 Å². The third kappa shape index (κ3) is 5.47. The van der Waals surface area contributed by atoms with Gasteiger partial charge in [-0.05, 0) is 64.7 Å². The van der Waals surface area contributed by atoms with Crippen LogP contribution in [0.4, 0.5) is 11.4 Å². The van der Waals surface area contributed by atoms with Crippen LogP contribution in [0.15, 0.2) is 137 Å². The number of carbonyl (C=O) groups is 2. The molecule has 0 amide bonds. The molecule has 0 bridgehead atoms. The van der Waals surface area contributed by atoms with Gasteiger partial charge >= 0.3 is 11.9 Å². The Hall–Kier alpha value is -5.66. The number of benzene rings is 6. The molecule has 0 unspecified atom stereocenters. The molecule has 8 rings (SSSR count). The number of aliphatic carboxylic acids is 2. The van der Waals surface area contributed by atoms with Crippen molar-refractivity contribution in [3.63, 3.8) is 0 Å². The highest BCUT2D eigenvalue weighted by molar-refractivity contribution is 8.04. The molecule has 52 heavy (non-hydrogen) atoms. The number of thioether (sulfide) groups is 1. The molecular weight excluding hydrogens is 665 g/mol. The maximum Gasteiger partial charge on any atom is 0.309 e. The Bertz CT molecular complexity index is 2610. The summed E-state index contributed by atoms with van der Waals surface area (Å²) in [5, 5.41) is 29.8. The summed E-state index contributed by atoms with van der Waals surface area (Å²) in [6, 6.07) is 33.7. The average molecular weight is 704 g/mol. The van der Waals surface area contributed by atoms with Gasteiger partial charge in [-0.15, -0.1) is 0 Å². The standard InChI is InChI=1S/C45H38N2O4S/c1-28(44-47(27-25-39(50)51)42-35-21-11-7-17-31(35)32-18-8-12-22-36(32)43(42)52-44)14-4-13-23-37-45(2,3)40-33-19-9-5-15-29(33)30-16-6-10-20-34(30)41(40)46(37)26-24-38(48)49/h4-23H,24-27H2,1-3H3,(H-,48,49,50,51)/p+1. The van der Waals surface area contributed by atoms with Gasteiger partial charge in [-0.1, -0.05) is 121 Å². The Morgan fingerprint density at radius 3 is 1.87 bits per heavy atom. The van der Waals surface area contributed by atoms with Crippen LogP contribution >= 0.6 is 11.8 Å². The number of allylic oxidation sites excluding steroid dienone is 5. The molecule has 0 atom stereocenters. The first kappa shape index (κ1) is 33.5. The highest BCUT2D eigenvalue weighted by atomic mass is 32.2. The summed E-state index contributed by atoms with van der Waals surface area (Å²) < 4.78 is 2.21. The molecule has 2 aliphatic heterocycles. The van der Waals surface area contributed by atoms with Crippen molar-refractivity contribution >= 4 is 83.9 Å². The largest absolute Gasteiger partial charge is 0.481 e. The second kappa shape index (κ2) is 13.1. The molecule has 7 heteroatoms. The number of hydrogen-bond acceptors (Lipinski definition) is 4. The predicted octanol–water partition coefficient (Wildman–Crippen LogP) is 10.6. The van der Waals surface area contributed by atoms with Crippen molar-refractivity contribution in [2.24, 2.45) is 0 Å². The smallest absolute Gasteiger partial charge is 0.309 e. The Labute approximate surface area is 306 Å². The molecule has 0 radical (unpaired) electrons. The number of carboxylic acid groups (broad SMARTS) is 2. The minimum atomic E-state index is -0.829. The zero-order chi connectivity index (χ0) is 36.1. The number of carboxylic acids is 2. The topological polar surface area (TPSA) is 80.9 Å². The minimum Gasteiger partial charge on any atom is -0.481 e. The fourth-order valence-corrected chi connectivity index (χ4v) is 9.53. The number of rotatable bonds is 9. The van der Waals surface area contributed by atoms with Crippen LogP contribution in [-0.2, 0) is 15.0 Å². The Balaban J connectivity index is 1.22. The summed E-state index contributed by atoms with van der Waals surface area (Å²) in [7, 11) is 0. The van der Waals surface area contributed by atoms with Crippen molar-refractivity contribution < 1.29 is 24.4 Å². The molecule has 0 saturated heterocycles. The van der Waals surface area contributed by atoms with E-state index in [2.05, 4.69) is 133 Å². The molecule has 0 fully saturated rings. The van der Waals surface area contributed by atoms with Crippen molar-refractivity contribution in [3.05, 3.63) is 138 Å². The van der Waals surface area contributed by atoms with E-state index in [4.69, 9.17) is 0 Å². The van der Waals surface area contributed by atoms with Crippen molar-refractivity contribution in [2.45, 2.75) is 43.9 Å². The second-order valence-electron chi connectivity index (χ2n) is 14.0. The van der Waals surface area contributed by atoms with E-state index in [9.17, 15) is 19.8 Å². The fraction of sp³-hybridized carbons (Fsp3) is 0.178. The van der Waals surface area contributed by atoms with E-state index in [-0.39, 0.29) is 12.8 Å². The first-order valence-electron chi connectivity index (χ1n) is 17.6. The average Bonchev–Trinajstić information content (AvgIpc) is 3.64. The molecule has 2 heterocycles. The SMILES string of the molecule is CC(/C=C/C=C/C1=[N+](CCC(=O)O)c2c(c3ccccc3c3ccccc23)C1(C)C)=C1\Sc2c(c3ccccc3c3ccccc23)N1CCC(=O)O. The zero-order valence-electron chi connectivity index (χ0n) is 29.4. The molecule has 6 aromatic carbocycles. The third-order valence-electron chi connectivity index (χ3n) is 10.5. The third-order valence-corrected chi connectivity index (χ3v) is 11.8. The van der Waals surface area contributed by atoms with Crippen LogP contribution in [0.3, 0.4) is 0 Å². The van der Waals surface area contributed by atoms with Crippen LogP contribution in [-0.4, -0.2) is 45.5 Å². The van der Waals surface area contributed by atoms with E-state index < -0.39 is 17.4 Å². The molecule has 0 aromatic heterocycles. The lowest BCUT2D eigenvalue weighted by Gasteiger charge is -2.23. The Morgan fingerprint density at radius 2 is 1.23 bits per heavy atom. The molecule has 258 valence electrons. The van der Waals surface area contributed by atoms with Gasteiger partial charge < -0.3 is 15.1 Å².